The van der Waals surface area contributed by atoms with Crippen LogP contribution in [0.2, 0.25) is 0 Å². The van der Waals surface area contributed by atoms with Gasteiger partial charge in [0.05, 0.1) is 11.1 Å². The van der Waals surface area contributed by atoms with Crippen LogP contribution >= 0.6 is 0 Å². The zero-order valence-corrected chi connectivity index (χ0v) is 9.05. The number of aliphatic imine (C=N–C) groups is 1. The molecule has 4 nitrogen and oxygen atoms in total. The van der Waals surface area contributed by atoms with Crippen LogP contribution in [0.15, 0.2) is 16.1 Å². The molecule has 0 bridgehead atoms. The molecule has 0 radical (unpaired) electrons. The summed E-state index contributed by atoms with van der Waals surface area (Å²) >= 11 is 0. The molecule has 78 valence electrons. The van der Waals surface area contributed by atoms with Crippen molar-refractivity contribution >= 4 is 15.0 Å². The van der Waals surface area contributed by atoms with Crippen LogP contribution in [0.25, 0.3) is 0 Å². The summed E-state index contributed by atoms with van der Waals surface area (Å²) in [6, 6.07) is 0. The second kappa shape index (κ2) is 3.38. The van der Waals surface area contributed by atoms with E-state index >= 15 is 0 Å². The van der Waals surface area contributed by atoms with Crippen molar-refractivity contribution in [2.75, 3.05) is 13.1 Å². The van der Waals surface area contributed by atoms with E-state index in [1.54, 1.807) is 6.92 Å². The molecular formula is C9H14N2O2S. The molecular weight excluding hydrogens is 200 g/mol. The van der Waals surface area contributed by atoms with Crippen LogP contribution in [0.4, 0.5) is 0 Å². The van der Waals surface area contributed by atoms with Gasteiger partial charge in [-0.3, -0.25) is 0 Å². The third-order valence-electron chi connectivity index (χ3n) is 2.48. The normalized spacial score (nSPS) is 25.9. The number of amidine groups is 1. The molecule has 0 atom stereocenters. The van der Waals surface area contributed by atoms with Crippen molar-refractivity contribution in [3.05, 3.63) is 11.1 Å². The monoisotopic (exact) mass is 214 g/mol. The number of hydrogen-bond donors (Lipinski definition) is 0. The molecule has 0 N–H and O–H groups in total. The molecule has 2 heterocycles. The zero-order chi connectivity index (χ0) is 10.2. The van der Waals surface area contributed by atoms with E-state index in [2.05, 4.69) is 4.99 Å². The highest BCUT2D eigenvalue weighted by Gasteiger charge is 2.29. The van der Waals surface area contributed by atoms with Gasteiger partial charge < -0.3 is 4.90 Å². The average molecular weight is 214 g/mol. The number of allylic oxidation sites excluding steroid dienone is 1. The molecule has 0 spiro atoms. The van der Waals surface area contributed by atoms with Crippen LogP contribution in [-0.2, 0) is 9.84 Å². The van der Waals surface area contributed by atoms with Gasteiger partial charge in [0.1, 0.15) is 0 Å². The summed E-state index contributed by atoms with van der Waals surface area (Å²) in [5.41, 5.74) is 0.588. The molecule has 0 aromatic rings. The van der Waals surface area contributed by atoms with Gasteiger partial charge in [-0.25, -0.2) is 13.4 Å². The van der Waals surface area contributed by atoms with Gasteiger partial charge in [-0.1, -0.05) is 0 Å². The first-order valence-electron chi connectivity index (χ1n) is 4.87. The van der Waals surface area contributed by atoms with Gasteiger partial charge in [-0.05, 0) is 26.2 Å². The van der Waals surface area contributed by atoms with Crippen molar-refractivity contribution in [2.45, 2.75) is 26.2 Å². The molecule has 14 heavy (non-hydrogen) atoms. The number of nitrogens with zero attached hydrogens (tertiary/aromatic N) is 2. The smallest absolute Gasteiger partial charge is 0.234 e. The van der Waals surface area contributed by atoms with Crippen molar-refractivity contribution < 1.29 is 8.42 Å². The lowest BCUT2D eigenvalue weighted by molar-refractivity contribution is 0.346. The van der Waals surface area contributed by atoms with E-state index in [-0.39, 0.29) is 5.17 Å². The Kier molecular flexibility index (Phi) is 2.34. The molecule has 1 saturated heterocycles. The van der Waals surface area contributed by atoms with Gasteiger partial charge >= 0.3 is 0 Å². The van der Waals surface area contributed by atoms with Gasteiger partial charge in [0.15, 0.2) is 0 Å². The van der Waals surface area contributed by atoms with Crippen molar-refractivity contribution in [2.24, 2.45) is 4.99 Å². The number of likely N-dealkylation sites (tertiary alicyclic amines) is 1. The minimum Gasteiger partial charge on any atom is -0.347 e. The lowest BCUT2D eigenvalue weighted by Gasteiger charge is -2.27. The second-order valence-electron chi connectivity index (χ2n) is 3.75. The first-order valence-corrected chi connectivity index (χ1v) is 6.41. The summed E-state index contributed by atoms with van der Waals surface area (Å²) in [6.45, 7) is 3.35. The van der Waals surface area contributed by atoms with E-state index in [0.717, 1.165) is 25.9 Å². The third-order valence-corrected chi connectivity index (χ3v) is 3.99. The second-order valence-corrected chi connectivity index (χ2v) is 5.44. The Labute approximate surface area is 84.2 Å². The Hall–Kier alpha value is -0.840. The Morgan fingerprint density at radius 2 is 1.93 bits per heavy atom. The molecule has 0 aromatic heterocycles. The molecule has 2 aliphatic heterocycles. The van der Waals surface area contributed by atoms with Gasteiger partial charge in [-0.15, -0.1) is 0 Å². The molecule has 0 unspecified atom stereocenters. The highest BCUT2D eigenvalue weighted by molar-refractivity contribution is 8.09. The van der Waals surface area contributed by atoms with E-state index in [1.165, 1.54) is 11.8 Å². The van der Waals surface area contributed by atoms with Crippen LogP contribution < -0.4 is 0 Å². The summed E-state index contributed by atoms with van der Waals surface area (Å²) in [5.74, 6) is 0. The van der Waals surface area contributed by atoms with Gasteiger partial charge in [-0.2, -0.15) is 0 Å². The topological polar surface area (TPSA) is 49.7 Å². The third kappa shape index (κ3) is 1.68. The molecule has 2 aliphatic rings. The van der Waals surface area contributed by atoms with Crippen LogP contribution in [0, 0.1) is 0 Å². The first-order chi connectivity index (χ1) is 6.59. The Balaban J connectivity index is 2.24. The lowest BCUT2D eigenvalue weighted by Crippen LogP contribution is -2.38. The quantitative estimate of drug-likeness (QED) is 0.607. The summed E-state index contributed by atoms with van der Waals surface area (Å²) in [7, 11) is -3.22. The highest BCUT2D eigenvalue weighted by atomic mass is 32.2. The lowest BCUT2D eigenvalue weighted by atomic mass is 10.1. The minimum absolute atomic E-state index is 0.259. The van der Waals surface area contributed by atoms with Crippen molar-refractivity contribution in [3.63, 3.8) is 0 Å². The van der Waals surface area contributed by atoms with Crippen LogP contribution in [0.5, 0.6) is 0 Å². The summed E-state index contributed by atoms with van der Waals surface area (Å²) in [4.78, 5) is 5.96. The Morgan fingerprint density at radius 1 is 1.29 bits per heavy atom. The molecule has 0 amide bonds. The molecule has 0 saturated carbocycles. The van der Waals surface area contributed by atoms with Gasteiger partial charge in [0.25, 0.3) is 0 Å². The van der Waals surface area contributed by atoms with E-state index in [0.29, 0.717) is 5.70 Å². The molecule has 1 fully saturated rings. The fraction of sp³-hybridized carbons (Fsp3) is 0.667. The molecule has 0 aromatic carbocycles. The molecule has 2 rings (SSSR count). The standard InChI is InChI=1S/C9H14N2O2S/c1-8-7-14(12,13)9(10-8)11-5-3-2-4-6-11/h7H,2-6H2,1H3. The first kappa shape index (κ1) is 9.71. The largest absolute Gasteiger partial charge is 0.347 e. The predicted octanol–water partition coefficient (Wildman–Crippen LogP) is 1.12. The fourth-order valence-corrected chi connectivity index (χ4v) is 3.27. The zero-order valence-electron chi connectivity index (χ0n) is 8.23. The van der Waals surface area contributed by atoms with Gasteiger partial charge in [0, 0.05) is 13.1 Å². The van der Waals surface area contributed by atoms with E-state index in [4.69, 9.17) is 0 Å². The van der Waals surface area contributed by atoms with Crippen molar-refractivity contribution in [1.82, 2.24) is 4.90 Å². The maximum absolute atomic E-state index is 11.6. The maximum Gasteiger partial charge on any atom is 0.234 e. The Morgan fingerprint density at radius 3 is 2.43 bits per heavy atom. The maximum atomic E-state index is 11.6. The van der Waals surface area contributed by atoms with E-state index in [9.17, 15) is 8.42 Å². The number of piperidine rings is 1. The summed E-state index contributed by atoms with van der Waals surface area (Å²) in [5, 5.41) is 1.51. The van der Waals surface area contributed by atoms with Crippen LogP contribution in [0.1, 0.15) is 26.2 Å². The fourth-order valence-electron chi connectivity index (χ4n) is 1.85. The van der Waals surface area contributed by atoms with Crippen molar-refractivity contribution in [3.8, 4) is 0 Å². The van der Waals surface area contributed by atoms with E-state index in [1.807, 2.05) is 4.90 Å². The minimum atomic E-state index is -3.22. The summed E-state index contributed by atoms with van der Waals surface area (Å²) in [6.07, 6.45) is 3.32. The van der Waals surface area contributed by atoms with Crippen molar-refractivity contribution in [1.29, 1.82) is 0 Å². The summed E-state index contributed by atoms with van der Waals surface area (Å²) < 4.78 is 23.2. The molecule has 5 heteroatoms. The number of rotatable bonds is 0. The molecule has 0 aliphatic carbocycles. The Bertz CT molecular complexity index is 389. The van der Waals surface area contributed by atoms with Crippen LogP contribution in [0.3, 0.4) is 0 Å². The van der Waals surface area contributed by atoms with Crippen LogP contribution in [-0.4, -0.2) is 31.6 Å². The van der Waals surface area contributed by atoms with E-state index < -0.39 is 9.84 Å². The SMILES string of the molecule is CC1=CS(=O)(=O)C(N2CCCCC2)=N1. The highest BCUT2D eigenvalue weighted by Crippen LogP contribution is 2.19. The average Bonchev–Trinajstić information content (AvgIpc) is 2.41. The predicted molar refractivity (Wildman–Crippen MR) is 55.5 cm³/mol. The number of hydrogen-bond acceptors (Lipinski definition) is 4. The number of sulfone groups is 1. The van der Waals surface area contributed by atoms with Gasteiger partial charge in [0.2, 0.25) is 15.0 Å².